The number of rotatable bonds is 2. The number of piperidine rings is 1. The molecule has 1 aliphatic heterocycles. The van der Waals surface area contributed by atoms with Crippen molar-refractivity contribution < 1.29 is 9.90 Å². The van der Waals surface area contributed by atoms with Gasteiger partial charge in [0.05, 0.1) is 6.61 Å². The van der Waals surface area contributed by atoms with Crippen LogP contribution in [0.1, 0.15) is 13.3 Å². The quantitative estimate of drug-likeness (QED) is 0.640. The van der Waals surface area contributed by atoms with Crippen LogP contribution >= 0.6 is 11.8 Å². The Labute approximate surface area is 82.6 Å². The lowest BCUT2D eigenvalue weighted by atomic mass is 10.1. The van der Waals surface area contributed by atoms with Crippen LogP contribution < -0.4 is 5.32 Å². The fourth-order valence-corrected chi connectivity index (χ4v) is 2.39. The van der Waals surface area contributed by atoms with Gasteiger partial charge in [-0.2, -0.15) is 0 Å². The molecule has 1 unspecified atom stereocenters. The molecule has 0 saturated carbocycles. The maximum Gasteiger partial charge on any atom is 0.186 e. The zero-order valence-electron chi connectivity index (χ0n) is 7.75. The van der Waals surface area contributed by atoms with E-state index in [2.05, 4.69) is 5.32 Å². The minimum atomic E-state index is 0.0615. The normalized spacial score (nSPS) is 26.3. The van der Waals surface area contributed by atoms with Crippen LogP contribution in [0.2, 0.25) is 0 Å². The van der Waals surface area contributed by atoms with Crippen molar-refractivity contribution in [3.8, 4) is 0 Å². The Morgan fingerprint density at radius 2 is 2.62 bits per heavy atom. The van der Waals surface area contributed by atoms with Crippen LogP contribution in [0, 0.1) is 0 Å². The lowest BCUT2D eigenvalue weighted by Crippen LogP contribution is -2.32. The molecule has 2 N–H and O–H groups in total. The van der Waals surface area contributed by atoms with Crippen molar-refractivity contribution in [1.29, 1.82) is 0 Å². The fourth-order valence-electron chi connectivity index (χ4n) is 1.42. The lowest BCUT2D eigenvalue weighted by Gasteiger charge is -2.24. The summed E-state index contributed by atoms with van der Waals surface area (Å²) in [6.45, 7) is 3.40. The first-order chi connectivity index (χ1) is 6.24. The second-order valence-corrected chi connectivity index (χ2v) is 4.40. The van der Waals surface area contributed by atoms with Crippen LogP contribution in [-0.2, 0) is 4.79 Å². The standard InChI is InChI=1S/C9H15NO2S/c1-7(12)13-9-2-4-10-6-8(9)3-5-11/h3,9-11H,2,4-6H2,1H3/b8-3-. The number of aliphatic hydroxyl groups is 1. The minimum Gasteiger partial charge on any atom is -0.392 e. The highest BCUT2D eigenvalue weighted by Crippen LogP contribution is 2.24. The van der Waals surface area contributed by atoms with Gasteiger partial charge in [0.25, 0.3) is 0 Å². The summed E-state index contributed by atoms with van der Waals surface area (Å²) in [5, 5.41) is 12.4. The van der Waals surface area contributed by atoms with Crippen molar-refractivity contribution in [2.45, 2.75) is 18.6 Å². The van der Waals surface area contributed by atoms with Gasteiger partial charge in [-0.3, -0.25) is 4.79 Å². The zero-order chi connectivity index (χ0) is 9.68. The van der Waals surface area contributed by atoms with Gasteiger partial charge in [-0.05, 0) is 18.5 Å². The monoisotopic (exact) mass is 201 g/mol. The molecule has 0 amide bonds. The molecule has 1 aliphatic rings. The highest BCUT2D eigenvalue weighted by Gasteiger charge is 2.19. The van der Waals surface area contributed by atoms with Crippen molar-refractivity contribution in [3.63, 3.8) is 0 Å². The van der Waals surface area contributed by atoms with E-state index in [-0.39, 0.29) is 17.0 Å². The predicted molar refractivity (Wildman–Crippen MR) is 54.7 cm³/mol. The lowest BCUT2D eigenvalue weighted by molar-refractivity contribution is -0.109. The third-order valence-corrected chi connectivity index (χ3v) is 3.14. The van der Waals surface area contributed by atoms with Gasteiger partial charge >= 0.3 is 0 Å². The molecule has 1 saturated heterocycles. The molecule has 0 spiro atoms. The summed E-state index contributed by atoms with van der Waals surface area (Å²) in [6.07, 6.45) is 2.77. The topological polar surface area (TPSA) is 49.3 Å². The second kappa shape index (κ2) is 5.42. The molecule has 1 atom stereocenters. The van der Waals surface area contributed by atoms with Gasteiger partial charge in [0.15, 0.2) is 5.12 Å². The molecule has 1 heterocycles. The van der Waals surface area contributed by atoms with Crippen molar-refractivity contribution in [2.75, 3.05) is 19.7 Å². The molecule has 0 bridgehead atoms. The summed E-state index contributed by atoms with van der Waals surface area (Å²) in [5.74, 6) is 0. The van der Waals surface area contributed by atoms with E-state index >= 15 is 0 Å². The fraction of sp³-hybridized carbons (Fsp3) is 0.667. The van der Waals surface area contributed by atoms with Gasteiger partial charge in [0, 0.05) is 18.7 Å². The Bertz CT molecular complexity index is 216. The van der Waals surface area contributed by atoms with Gasteiger partial charge in [0.2, 0.25) is 0 Å². The maximum absolute atomic E-state index is 10.9. The van der Waals surface area contributed by atoms with E-state index in [9.17, 15) is 4.79 Å². The van der Waals surface area contributed by atoms with E-state index in [1.165, 1.54) is 11.8 Å². The summed E-state index contributed by atoms with van der Waals surface area (Å²) >= 11 is 1.37. The summed E-state index contributed by atoms with van der Waals surface area (Å²) in [5.41, 5.74) is 1.15. The molecular formula is C9H15NO2S. The van der Waals surface area contributed by atoms with Crippen molar-refractivity contribution in [2.24, 2.45) is 0 Å². The molecule has 74 valence electrons. The minimum absolute atomic E-state index is 0.0615. The van der Waals surface area contributed by atoms with Gasteiger partial charge in [-0.1, -0.05) is 17.8 Å². The molecule has 0 aromatic heterocycles. The average molecular weight is 201 g/mol. The number of carbonyl (C=O) groups excluding carboxylic acids is 1. The van der Waals surface area contributed by atoms with Crippen LogP contribution in [0.4, 0.5) is 0 Å². The van der Waals surface area contributed by atoms with Crippen LogP contribution in [0.3, 0.4) is 0 Å². The number of hydrogen-bond donors (Lipinski definition) is 2. The van der Waals surface area contributed by atoms with Gasteiger partial charge in [-0.15, -0.1) is 0 Å². The van der Waals surface area contributed by atoms with Gasteiger partial charge in [-0.25, -0.2) is 0 Å². The van der Waals surface area contributed by atoms with Crippen LogP contribution in [0.25, 0.3) is 0 Å². The molecule has 1 fully saturated rings. The SMILES string of the molecule is CC(=O)SC1CCNC/C1=C/CO. The summed E-state index contributed by atoms with van der Waals surface area (Å²) in [6, 6.07) is 0. The third-order valence-electron chi connectivity index (χ3n) is 1.99. The van der Waals surface area contributed by atoms with E-state index in [0.29, 0.717) is 0 Å². The van der Waals surface area contributed by atoms with Crippen LogP contribution in [0.5, 0.6) is 0 Å². The zero-order valence-corrected chi connectivity index (χ0v) is 8.56. The smallest absolute Gasteiger partial charge is 0.186 e. The molecule has 4 heteroatoms. The van der Waals surface area contributed by atoms with Crippen LogP contribution in [-0.4, -0.2) is 35.2 Å². The number of aliphatic hydroxyl groups excluding tert-OH is 1. The molecule has 0 aliphatic carbocycles. The van der Waals surface area contributed by atoms with Crippen molar-refractivity contribution in [1.82, 2.24) is 5.32 Å². The van der Waals surface area contributed by atoms with E-state index in [0.717, 1.165) is 25.1 Å². The van der Waals surface area contributed by atoms with E-state index in [4.69, 9.17) is 5.11 Å². The number of hydrogen-bond acceptors (Lipinski definition) is 4. The second-order valence-electron chi connectivity index (χ2n) is 3.03. The molecule has 13 heavy (non-hydrogen) atoms. The summed E-state index contributed by atoms with van der Waals surface area (Å²) in [4.78, 5) is 10.9. The van der Waals surface area contributed by atoms with E-state index < -0.39 is 0 Å². The highest BCUT2D eigenvalue weighted by atomic mass is 32.2. The molecular weight excluding hydrogens is 186 g/mol. The van der Waals surface area contributed by atoms with Gasteiger partial charge in [0.1, 0.15) is 0 Å². The Hall–Kier alpha value is -0.320. The maximum atomic E-state index is 10.9. The van der Waals surface area contributed by atoms with E-state index in [1.807, 2.05) is 0 Å². The molecule has 0 aromatic carbocycles. The van der Waals surface area contributed by atoms with Crippen molar-refractivity contribution >= 4 is 16.9 Å². The Balaban J connectivity index is 2.56. The molecule has 3 nitrogen and oxygen atoms in total. The Kier molecular flexibility index (Phi) is 4.48. The first-order valence-corrected chi connectivity index (χ1v) is 5.29. The first-order valence-electron chi connectivity index (χ1n) is 4.41. The molecule has 1 rings (SSSR count). The average Bonchev–Trinajstić information content (AvgIpc) is 2.08. The Morgan fingerprint density at radius 3 is 3.23 bits per heavy atom. The first kappa shape index (κ1) is 10.8. The van der Waals surface area contributed by atoms with Crippen LogP contribution in [0.15, 0.2) is 11.6 Å². The number of thioether (sulfide) groups is 1. The Morgan fingerprint density at radius 1 is 1.85 bits per heavy atom. The summed E-state index contributed by atoms with van der Waals surface area (Å²) < 4.78 is 0. The number of nitrogens with one attached hydrogen (secondary N) is 1. The van der Waals surface area contributed by atoms with Gasteiger partial charge < -0.3 is 10.4 Å². The van der Waals surface area contributed by atoms with E-state index in [1.54, 1.807) is 13.0 Å². The molecule has 0 aromatic rings. The third kappa shape index (κ3) is 3.50. The van der Waals surface area contributed by atoms with Crippen molar-refractivity contribution in [3.05, 3.63) is 11.6 Å². The molecule has 0 radical (unpaired) electrons. The summed E-state index contributed by atoms with van der Waals surface area (Å²) in [7, 11) is 0. The predicted octanol–water partition coefficient (Wildman–Crippen LogP) is 0.547. The largest absolute Gasteiger partial charge is 0.392 e. The number of carbonyl (C=O) groups is 1. The highest BCUT2D eigenvalue weighted by molar-refractivity contribution is 8.14.